The molecular formula is C19H13N5O. The van der Waals surface area contributed by atoms with Crippen LogP contribution in [0, 0.1) is 11.3 Å². The fourth-order valence-corrected chi connectivity index (χ4v) is 2.61. The van der Waals surface area contributed by atoms with Crippen molar-refractivity contribution in [3.8, 4) is 34.5 Å². The Morgan fingerprint density at radius 1 is 0.920 bits per heavy atom. The van der Waals surface area contributed by atoms with Gasteiger partial charge in [-0.3, -0.25) is 0 Å². The number of fused-ring (bicyclic) bond motifs is 1. The standard InChI is InChI=1S/C19H13N5O/c20-11-12-25-19-16(14-7-3-1-4-8-14)13-17-21-22-18(24(17)23-19)15-9-5-2-6-10-15/h1-10,13H,12H2. The Labute approximate surface area is 143 Å². The maximum absolute atomic E-state index is 8.86. The van der Waals surface area contributed by atoms with Crippen molar-refractivity contribution < 1.29 is 4.74 Å². The van der Waals surface area contributed by atoms with Gasteiger partial charge in [0, 0.05) is 11.1 Å². The maximum Gasteiger partial charge on any atom is 0.240 e. The van der Waals surface area contributed by atoms with Gasteiger partial charge in [0.05, 0.1) is 0 Å². The van der Waals surface area contributed by atoms with Crippen molar-refractivity contribution in [3.05, 3.63) is 66.7 Å². The molecule has 6 nitrogen and oxygen atoms in total. The average molecular weight is 327 g/mol. The zero-order chi connectivity index (χ0) is 17.1. The van der Waals surface area contributed by atoms with E-state index >= 15 is 0 Å². The van der Waals surface area contributed by atoms with Gasteiger partial charge in [-0.1, -0.05) is 60.7 Å². The highest BCUT2D eigenvalue weighted by atomic mass is 16.5. The van der Waals surface area contributed by atoms with E-state index in [9.17, 15) is 0 Å². The normalized spacial score (nSPS) is 10.5. The van der Waals surface area contributed by atoms with E-state index in [1.807, 2.05) is 72.8 Å². The summed E-state index contributed by atoms with van der Waals surface area (Å²) >= 11 is 0. The number of hydrogen-bond acceptors (Lipinski definition) is 5. The van der Waals surface area contributed by atoms with Gasteiger partial charge >= 0.3 is 0 Å². The molecule has 0 saturated heterocycles. The summed E-state index contributed by atoms with van der Waals surface area (Å²) < 4.78 is 7.19. The van der Waals surface area contributed by atoms with E-state index in [-0.39, 0.29) is 6.61 Å². The molecular weight excluding hydrogens is 314 g/mol. The Balaban J connectivity index is 1.91. The van der Waals surface area contributed by atoms with Crippen LogP contribution in [0.15, 0.2) is 66.7 Å². The molecule has 0 unspecified atom stereocenters. The molecule has 2 heterocycles. The van der Waals surface area contributed by atoms with E-state index < -0.39 is 0 Å². The van der Waals surface area contributed by atoms with Gasteiger partial charge in [0.25, 0.3) is 0 Å². The number of aromatic nitrogens is 4. The zero-order valence-electron chi connectivity index (χ0n) is 13.2. The predicted octanol–water partition coefficient (Wildman–Crippen LogP) is 3.36. The maximum atomic E-state index is 8.86. The van der Waals surface area contributed by atoms with Crippen LogP contribution in [0.3, 0.4) is 0 Å². The summed E-state index contributed by atoms with van der Waals surface area (Å²) in [4.78, 5) is 0. The summed E-state index contributed by atoms with van der Waals surface area (Å²) in [6, 6.07) is 23.3. The molecule has 6 heteroatoms. The van der Waals surface area contributed by atoms with E-state index in [0.29, 0.717) is 17.4 Å². The first-order valence-electron chi connectivity index (χ1n) is 7.74. The van der Waals surface area contributed by atoms with Gasteiger partial charge in [-0.25, -0.2) is 0 Å². The van der Waals surface area contributed by atoms with E-state index in [0.717, 1.165) is 16.7 Å². The molecule has 0 atom stereocenters. The number of benzene rings is 2. The smallest absolute Gasteiger partial charge is 0.240 e. The van der Waals surface area contributed by atoms with Crippen molar-refractivity contribution in [1.29, 1.82) is 5.26 Å². The first-order chi connectivity index (χ1) is 12.4. The Morgan fingerprint density at radius 3 is 2.28 bits per heavy atom. The van der Waals surface area contributed by atoms with Crippen molar-refractivity contribution in [2.75, 3.05) is 6.61 Å². The van der Waals surface area contributed by atoms with Crippen molar-refractivity contribution >= 4 is 5.65 Å². The molecule has 4 rings (SSSR count). The zero-order valence-corrected chi connectivity index (χ0v) is 13.2. The molecule has 0 saturated carbocycles. The summed E-state index contributed by atoms with van der Waals surface area (Å²) in [7, 11) is 0. The molecule has 25 heavy (non-hydrogen) atoms. The highest BCUT2D eigenvalue weighted by Crippen LogP contribution is 2.30. The number of nitrogens with zero attached hydrogens (tertiary/aromatic N) is 5. The van der Waals surface area contributed by atoms with Gasteiger partial charge in [-0.15, -0.1) is 15.3 Å². The van der Waals surface area contributed by atoms with E-state index in [4.69, 9.17) is 10.00 Å². The van der Waals surface area contributed by atoms with Gasteiger partial charge in [0.15, 0.2) is 18.1 Å². The third kappa shape index (κ3) is 2.79. The molecule has 2 aromatic carbocycles. The fraction of sp³-hybridized carbons (Fsp3) is 0.0526. The number of hydrogen-bond donors (Lipinski definition) is 0. The van der Waals surface area contributed by atoms with Crippen LogP contribution in [0.2, 0.25) is 0 Å². The highest BCUT2D eigenvalue weighted by molar-refractivity contribution is 5.72. The molecule has 0 aliphatic heterocycles. The van der Waals surface area contributed by atoms with Gasteiger partial charge in [-0.05, 0) is 11.6 Å². The quantitative estimate of drug-likeness (QED) is 0.574. The minimum absolute atomic E-state index is 0.0822. The third-order valence-corrected chi connectivity index (χ3v) is 3.75. The molecule has 0 fully saturated rings. The minimum atomic E-state index is -0.0822. The lowest BCUT2D eigenvalue weighted by Gasteiger charge is -2.09. The lowest BCUT2D eigenvalue weighted by molar-refractivity contribution is 0.349. The van der Waals surface area contributed by atoms with Crippen molar-refractivity contribution in [2.24, 2.45) is 0 Å². The molecule has 0 aliphatic carbocycles. The van der Waals surface area contributed by atoms with Crippen LogP contribution in [0.4, 0.5) is 0 Å². The summed E-state index contributed by atoms with van der Waals surface area (Å²) in [5.41, 5.74) is 3.23. The Hall–Kier alpha value is -3.72. The lowest BCUT2D eigenvalue weighted by Crippen LogP contribution is -2.03. The summed E-state index contributed by atoms with van der Waals surface area (Å²) in [5, 5.41) is 21.9. The molecule has 4 aromatic rings. The fourth-order valence-electron chi connectivity index (χ4n) is 2.61. The van der Waals surface area contributed by atoms with Gasteiger partial charge < -0.3 is 4.74 Å². The van der Waals surface area contributed by atoms with E-state index in [1.54, 1.807) is 4.52 Å². The topological polar surface area (TPSA) is 76.1 Å². The first-order valence-corrected chi connectivity index (χ1v) is 7.74. The van der Waals surface area contributed by atoms with Crippen LogP contribution in [0.5, 0.6) is 5.88 Å². The Bertz CT molecular complexity index is 1050. The van der Waals surface area contributed by atoms with Crippen LogP contribution in [-0.4, -0.2) is 26.4 Å². The van der Waals surface area contributed by atoms with Crippen LogP contribution in [-0.2, 0) is 0 Å². The molecule has 120 valence electrons. The second-order valence-electron chi connectivity index (χ2n) is 5.34. The van der Waals surface area contributed by atoms with Crippen LogP contribution in [0.25, 0.3) is 28.2 Å². The molecule has 0 bridgehead atoms. The van der Waals surface area contributed by atoms with Gasteiger partial charge in [0.2, 0.25) is 5.88 Å². The highest BCUT2D eigenvalue weighted by Gasteiger charge is 2.15. The largest absolute Gasteiger partial charge is 0.461 e. The average Bonchev–Trinajstić information content (AvgIpc) is 3.10. The van der Waals surface area contributed by atoms with Gasteiger partial charge in [-0.2, -0.15) is 9.78 Å². The van der Waals surface area contributed by atoms with Crippen molar-refractivity contribution in [2.45, 2.75) is 0 Å². The lowest BCUT2D eigenvalue weighted by atomic mass is 10.1. The SMILES string of the molecule is N#CCOc1nn2c(-c3ccccc3)nnc2cc1-c1ccccc1. The molecule has 0 aliphatic rings. The third-order valence-electron chi connectivity index (χ3n) is 3.75. The van der Waals surface area contributed by atoms with Crippen LogP contribution < -0.4 is 4.74 Å². The van der Waals surface area contributed by atoms with Crippen molar-refractivity contribution in [1.82, 2.24) is 19.8 Å². The molecule has 0 amide bonds. The Kier molecular flexibility index (Phi) is 3.81. The number of nitriles is 1. The predicted molar refractivity (Wildman–Crippen MR) is 92.8 cm³/mol. The van der Waals surface area contributed by atoms with E-state index in [2.05, 4.69) is 15.3 Å². The second-order valence-corrected chi connectivity index (χ2v) is 5.34. The minimum Gasteiger partial charge on any atom is -0.461 e. The molecule has 0 spiro atoms. The number of ether oxygens (including phenoxy) is 1. The first kappa shape index (κ1) is 14.8. The van der Waals surface area contributed by atoms with Crippen LogP contribution in [0.1, 0.15) is 0 Å². The summed E-state index contributed by atoms with van der Waals surface area (Å²) in [6.45, 7) is -0.0822. The Morgan fingerprint density at radius 2 is 1.60 bits per heavy atom. The molecule has 0 radical (unpaired) electrons. The monoisotopic (exact) mass is 327 g/mol. The summed E-state index contributed by atoms with van der Waals surface area (Å²) in [5.74, 6) is 0.995. The second kappa shape index (κ2) is 6.42. The van der Waals surface area contributed by atoms with Crippen LogP contribution >= 0.6 is 0 Å². The summed E-state index contributed by atoms with van der Waals surface area (Å²) in [6.07, 6.45) is 0. The number of rotatable bonds is 4. The van der Waals surface area contributed by atoms with Crippen molar-refractivity contribution in [3.63, 3.8) is 0 Å². The molecule has 0 N–H and O–H groups in total. The van der Waals surface area contributed by atoms with E-state index in [1.165, 1.54) is 0 Å². The van der Waals surface area contributed by atoms with Gasteiger partial charge in [0.1, 0.15) is 6.07 Å². The molecule has 2 aromatic heterocycles.